The van der Waals surface area contributed by atoms with Crippen molar-refractivity contribution in [2.75, 3.05) is 6.54 Å². The minimum absolute atomic E-state index is 0.156. The van der Waals surface area contributed by atoms with Gasteiger partial charge < -0.3 is 0 Å². The number of nitrogens with one attached hydrogen (secondary N) is 2. The second-order valence-corrected chi connectivity index (χ2v) is 6.61. The van der Waals surface area contributed by atoms with Crippen LogP contribution in [0.15, 0.2) is 54.6 Å². The molecule has 1 saturated heterocycles. The molecule has 5 heteroatoms. The third-order valence-electron chi connectivity index (χ3n) is 4.82. The zero-order valence-corrected chi connectivity index (χ0v) is 15.1. The summed E-state index contributed by atoms with van der Waals surface area (Å²) in [5.74, 6) is -0.453. The second kappa shape index (κ2) is 8.63. The van der Waals surface area contributed by atoms with E-state index in [9.17, 15) is 9.59 Å². The third-order valence-corrected chi connectivity index (χ3v) is 4.82. The average molecular weight is 351 g/mol. The van der Waals surface area contributed by atoms with Crippen LogP contribution in [0.3, 0.4) is 0 Å². The molecule has 0 saturated carbocycles. The summed E-state index contributed by atoms with van der Waals surface area (Å²) in [6, 6.07) is 17.3. The van der Waals surface area contributed by atoms with Crippen molar-refractivity contribution in [3.8, 4) is 0 Å². The van der Waals surface area contributed by atoms with Gasteiger partial charge in [0.05, 0.1) is 6.04 Å². The fraction of sp³-hybridized carbons (Fsp3) is 0.333. The highest BCUT2D eigenvalue weighted by Gasteiger charge is 2.30. The van der Waals surface area contributed by atoms with Gasteiger partial charge in [0, 0.05) is 12.1 Å². The molecule has 26 heavy (non-hydrogen) atoms. The van der Waals surface area contributed by atoms with E-state index in [1.807, 2.05) is 30.3 Å². The lowest BCUT2D eigenvalue weighted by Crippen LogP contribution is -2.50. The van der Waals surface area contributed by atoms with E-state index in [0.29, 0.717) is 5.56 Å². The average Bonchev–Trinajstić information content (AvgIpc) is 3.15. The Morgan fingerprint density at radius 1 is 1.00 bits per heavy atom. The number of nitrogens with zero attached hydrogens (tertiary/aromatic N) is 1. The number of benzene rings is 2. The smallest absolute Gasteiger partial charge is 0.269 e. The minimum Gasteiger partial charge on any atom is -0.288 e. The Balaban J connectivity index is 1.54. The van der Waals surface area contributed by atoms with E-state index in [2.05, 4.69) is 34.8 Å². The monoisotopic (exact) mass is 351 g/mol. The predicted molar refractivity (Wildman–Crippen MR) is 101 cm³/mol. The first-order chi connectivity index (χ1) is 12.7. The lowest BCUT2D eigenvalue weighted by Gasteiger charge is -2.23. The van der Waals surface area contributed by atoms with Gasteiger partial charge in [-0.3, -0.25) is 25.3 Å². The van der Waals surface area contributed by atoms with Gasteiger partial charge in [0.1, 0.15) is 0 Å². The number of hydrazine groups is 1. The fourth-order valence-corrected chi connectivity index (χ4v) is 3.30. The first-order valence-corrected chi connectivity index (χ1v) is 9.14. The lowest BCUT2D eigenvalue weighted by atomic mass is 10.1. The molecule has 2 aromatic carbocycles. The number of aryl methyl sites for hydroxylation is 1. The SMILES string of the molecule is CCc1ccc(C(=O)NNC(=O)C2CCCN2Cc2ccccc2)cc1. The molecule has 1 aliphatic rings. The number of likely N-dealkylation sites (tertiary alicyclic amines) is 1. The number of hydrogen-bond acceptors (Lipinski definition) is 3. The maximum absolute atomic E-state index is 12.5. The van der Waals surface area contributed by atoms with Gasteiger partial charge in [0.15, 0.2) is 0 Å². The van der Waals surface area contributed by atoms with Crippen LogP contribution in [-0.4, -0.2) is 29.3 Å². The third kappa shape index (κ3) is 4.49. The summed E-state index contributed by atoms with van der Waals surface area (Å²) in [5.41, 5.74) is 8.02. The van der Waals surface area contributed by atoms with Crippen LogP contribution in [0.4, 0.5) is 0 Å². The molecule has 1 unspecified atom stereocenters. The van der Waals surface area contributed by atoms with Crippen LogP contribution in [0.2, 0.25) is 0 Å². The van der Waals surface area contributed by atoms with Gasteiger partial charge in [-0.05, 0) is 49.1 Å². The molecule has 0 spiro atoms. The van der Waals surface area contributed by atoms with Crippen molar-refractivity contribution >= 4 is 11.8 Å². The molecule has 2 N–H and O–H groups in total. The summed E-state index contributed by atoms with van der Waals surface area (Å²) < 4.78 is 0. The van der Waals surface area contributed by atoms with Crippen LogP contribution < -0.4 is 10.9 Å². The molecule has 136 valence electrons. The summed E-state index contributed by atoms with van der Waals surface area (Å²) in [4.78, 5) is 26.9. The van der Waals surface area contributed by atoms with Crippen molar-refractivity contribution in [1.29, 1.82) is 0 Å². The number of amides is 2. The molecule has 1 aliphatic heterocycles. The van der Waals surface area contributed by atoms with Gasteiger partial charge in [-0.25, -0.2) is 0 Å². The molecule has 1 fully saturated rings. The Morgan fingerprint density at radius 2 is 1.73 bits per heavy atom. The molecule has 0 aliphatic carbocycles. The normalized spacial score (nSPS) is 17.0. The van der Waals surface area contributed by atoms with E-state index in [1.54, 1.807) is 12.1 Å². The van der Waals surface area contributed by atoms with E-state index in [-0.39, 0.29) is 17.9 Å². The molecule has 5 nitrogen and oxygen atoms in total. The van der Waals surface area contributed by atoms with Gasteiger partial charge in [0.2, 0.25) is 0 Å². The van der Waals surface area contributed by atoms with Crippen molar-refractivity contribution in [2.24, 2.45) is 0 Å². The Kier molecular flexibility index (Phi) is 6.02. The number of rotatable bonds is 5. The van der Waals surface area contributed by atoms with Crippen LogP contribution in [0, 0.1) is 0 Å². The minimum atomic E-state index is -0.298. The quantitative estimate of drug-likeness (QED) is 0.814. The van der Waals surface area contributed by atoms with Crippen molar-refractivity contribution in [3.63, 3.8) is 0 Å². The molecule has 2 amide bonds. The molecule has 0 aromatic heterocycles. The second-order valence-electron chi connectivity index (χ2n) is 6.61. The van der Waals surface area contributed by atoms with Crippen LogP contribution in [0.25, 0.3) is 0 Å². The number of hydrogen-bond donors (Lipinski definition) is 2. The molecule has 3 rings (SSSR count). The molecule has 1 heterocycles. The van der Waals surface area contributed by atoms with E-state index in [0.717, 1.165) is 32.4 Å². The van der Waals surface area contributed by atoms with Crippen LogP contribution in [0.5, 0.6) is 0 Å². The van der Waals surface area contributed by atoms with Crippen LogP contribution in [-0.2, 0) is 17.8 Å². The van der Waals surface area contributed by atoms with Crippen molar-refractivity contribution < 1.29 is 9.59 Å². The van der Waals surface area contributed by atoms with E-state index >= 15 is 0 Å². The van der Waals surface area contributed by atoms with Gasteiger partial charge in [0.25, 0.3) is 11.8 Å². The summed E-state index contributed by atoms with van der Waals surface area (Å²) in [7, 11) is 0. The van der Waals surface area contributed by atoms with Crippen molar-refractivity contribution in [2.45, 2.75) is 38.8 Å². The van der Waals surface area contributed by atoms with Gasteiger partial charge in [-0.15, -0.1) is 0 Å². The Morgan fingerprint density at radius 3 is 2.42 bits per heavy atom. The molecule has 2 aromatic rings. The summed E-state index contributed by atoms with van der Waals surface area (Å²) in [5, 5.41) is 0. The van der Waals surface area contributed by atoms with E-state index in [1.165, 1.54) is 11.1 Å². The van der Waals surface area contributed by atoms with Gasteiger partial charge in [-0.2, -0.15) is 0 Å². The van der Waals surface area contributed by atoms with Crippen LogP contribution in [0.1, 0.15) is 41.3 Å². The molecule has 1 atom stereocenters. The summed E-state index contributed by atoms with van der Waals surface area (Å²) in [6.07, 6.45) is 2.72. The highest BCUT2D eigenvalue weighted by Crippen LogP contribution is 2.20. The first kappa shape index (κ1) is 18.1. The van der Waals surface area contributed by atoms with Gasteiger partial charge >= 0.3 is 0 Å². The molecular weight excluding hydrogens is 326 g/mol. The van der Waals surface area contributed by atoms with Crippen molar-refractivity contribution in [1.82, 2.24) is 15.8 Å². The molecule has 0 bridgehead atoms. The zero-order valence-electron chi connectivity index (χ0n) is 15.1. The predicted octanol–water partition coefficient (Wildman–Crippen LogP) is 2.67. The summed E-state index contributed by atoms with van der Waals surface area (Å²) >= 11 is 0. The largest absolute Gasteiger partial charge is 0.288 e. The Bertz CT molecular complexity index is 744. The first-order valence-electron chi connectivity index (χ1n) is 9.14. The van der Waals surface area contributed by atoms with Crippen LogP contribution >= 0.6 is 0 Å². The number of carbonyl (C=O) groups excluding carboxylic acids is 2. The summed E-state index contributed by atoms with van der Waals surface area (Å²) in [6.45, 7) is 3.70. The Labute approximate surface area is 154 Å². The lowest BCUT2D eigenvalue weighted by molar-refractivity contribution is -0.126. The highest BCUT2D eigenvalue weighted by molar-refractivity contribution is 5.95. The van der Waals surface area contributed by atoms with E-state index < -0.39 is 0 Å². The van der Waals surface area contributed by atoms with Crippen molar-refractivity contribution in [3.05, 3.63) is 71.3 Å². The number of carbonyl (C=O) groups is 2. The maximum Gasteiger partial charge on any atom is 0.269 e. The van der Waals surface area contributed by atoms with E-state index in [4.69, 9.17) is 0 Å². The van der Waals surface area contributed by atoms with Gasteiger partial charge in [-0.1, -0.05) is 49.4 Å². The fourth-order valence-electron chi connectivity index (χ4n) is 3.30. The maximum atomic E-state index is 12.5. The highest BCUT2D eigenvalue weighted by atomic mass is 16.2. The zero-order chi connectivity index (χ0) is 18.4. The standard InChI is InChI=1S/C21H25N3O2/c1-2-16-10-12-18(13-11-16)20(25)22-23-21(26)19-9-6-14-24(19)15-17-7-4-3-5-8-17/h3-5,7-8,10-13,19H,2,6,9,14-15H2,1H3,(H,22,25)(H,23,26). The topological polar surface area (TPSA) is 61.4 Å². The molecule has 0 radical (unpaired) electrons. The molecular formula is C21H25N3O2. The Hall–Kier alpha value is -2.66.